The van der Waals surface area contributed by atoms with Crippen LogP contribution in [0.15, 0.2) is 24.3 Å². The first-order chi connectivity index (χ1) is 12.6. The Bertz CT molecular complexity index is 807. The van der Waals surface area contributed by atoms with E-state index in [1.807, 2.05) is 19.1 Å². The molecule has 2 aromatic rings. The molecule has 1 aromatic carbocycles. The molecule has 0 bridgehead atoms. The van der Waals surface area contributed by atoms with Crippen LogP contribution < -0.4 is 4.90 Å². The largest absolute Gasteiger partial charge is 0.507 e. The maximum Gasteiger partial charge on any atom is 0.151 e. The number of hydrogen-bond acceptors (Lipinski definition) is 5. The molecule has 0 aliphatic carbocycles. The lowest BCUT2D eigenvalue weighted by Crippen LogP contribution is -2.48. The van der Waals surface area contributed by atoms with Crippen molar-refractivity contribution >= 4 is 5.82 Å². The van der Waals surface area contributed by atoms with Crippen molar-refractivity contribution in [2.24, 2.45) is 5.92 Å². The summed E-state index contributed by atoms with van der Waals surface area (Å²) in [6, 6.07) is 8.38. The van der Waals surface area contributed by atoms with Crippen LogP contribution in [0.3, 0.4) is 0 Å². The number of phenols is 1. The van der Waals surface area contributed by atoms with Crippen molar-refractivity contribution in [1.82, 2.24) is 15.1 Å². The number of aromatic hydroxyl groups is 1. The predicted octanol–water partition coefficient (Wildman–Crippen LogP) is 3.39. The third kappa shape index (κ3) is 3.05. The van der Waals surface area contributed by atoms with E-state index in [1.54, 1.807) is 6.07 Å². The van der Waals surface area contributed by atoms with Crippen molar-refractivity contribution in [1.29, 1.82) is 0 Å². The zero-order chi connectivity index (χ0) is 18.3. The van der Waals surface area contributed by atoms with Gasteiger partial charge in [-0.3, -0.25) is 0 Å². The molecule has 0 saturated carbocycles. The normalized spacial score (nSPS) is 23.3. The number of aromatic nitrogens is 2. The highest BCUT2D eigenvalue weighted by molar-refractivity contribution is 5.70. The van der Waals surface area contributed by atoms with Crippen LogP contribution >= 0.6 is 0 Å². The van der Waals surface area contributed by atoms with E-state index in [-0.39, 0.29) is 5.75 Å². The fourth-order valence-electron chi connectivity index (χ4n) is 4.50. The van der Waals surface area contributed by atoms with E-state index in [9.17, 15) is 5.11 Å². The molecule has 2 aliphatic rings. The number of piperidine rings is 1. The van der Waals surface area contributed by atoms with Gasteiger partial charge < -0.3 is 14.9 Å². The van der Waals surface area contributed by atoms with E-state index >= 15 is 0 Å². The minimum absolute atomic E-state index is 0.266. The Hall–Kier alpha value is -2.14. The molecule has 5 heteroatoms. The van der Waals surface area contributed by atoms with E-state index in [1.165, 1.54) is 19.4 Å². The molecule has 2 saturated heterocycles. The Kier molecular flexibility index (Phi) is 4.57. The molecule has 138 valence electrons. The number of hydrogen-bond donors (Lipinski definition) is 1. The molecule has 3 heterocycles. The fourth-order valence-corrected chi connectivity index (χ4v) is 4.50. The summed E-state index contributed by atoms with van der Waals surface area (Å²) in [5, 5.41) is 19.3. The summed E-state index contributed by atoms with van der Waals surface area (Å²) in [6.07, 6.45) is 2.54. The number of aryl methyl sites for hydroxylation is 2. The number of likely N-dealkylation sites (tertiary alicyclic amines) is 1. The van der Waals surface area contributed by atoms with E-state index in [0.717, 1.165) is 53.8 Å². The van der Waals surface area contributed by atoms with Gasteiger partial charge in [-0.2, -0.15) is 0 Å². The number of rotatable bonds is 3. The predicted molar refractivity (Wildman–Crippen MR) is 105 cm³/mol. The standard InChI is InChI=1S/C21H28N4O/c1-4-24-9-7-16-8-10-25(18(16)13-24)20-12-15(3)21(23-22-20)17-6-5-14(2)11-19(17)26/h5-6,11-12,16,18,26H,4,7-10,13H2,1-3H3. The van der Waals surface area contributed by atoms with Gasteiger partial charge in [-0.15, -0.1) is 10.2 Å². The first-order valence-electron chi connectivity index (χ1n) is 9.70. The lowest BCUT2D eigenvalue weighted by atomic mass is 9.92. The molecule has 2 atom stereocenters. The Labute approximate surface area is 155 Å². The maximum absolute atomic E-state index is 10.3. The first kappa shape index (κ1) is 17.3. The average molecular weight is 352 g/mol. The third-order valence-corrected chi connectivity index (χ3v) is 6.07. The molecule has 4 rings (SSSR count). The highest BCUT2D eigenvalue weighted by Gasteiger charge is 2.38. The van der Waals surface area contributed by atoms with Gasteiger partial charge in [0.05, 0.1) is 5.69 Å². The van der Waals surface area contributed by atoms with Crippen LogP contribution in [0.25, 0.3) is 11.3 Å². The van der Waals surface area contributed by atoms with Gasteiger partial charge in [0.15, 0.2) is 5.82 Å². The lowest BCUT2D eigenvalue weighted by Gasteiger charge is -2.38. The first-order valence-corrected chi connectivity index (χ1v) is 9.70. The number of phenolic OH excluding ortho intramolecular Hbond substituents is 1. The zero-order valence-electron chi connectivity index (χ0n) is 15.9. The van der Waals surface area contributed by atoms with Crippen molar-refractivity contribution in [2.75, 3.05) is 31.1 Å². The Morgan fingerprint density at radius 3 is 2.65 bits per heavy atom. The van der Waals surface area contributed by atoms with Gasteiger partial charge >= 0.3 is 0 Å². The quantitative estimate of drug-likeness (QED) is 0.918. The molecule has 1 aromatic heterocycles. The summed E-state index contributed by atoms with van der Waals surface area (Å²) >= 11 is 0. The monoisotopic (exact) mass is 352 g/mol. The zero-order valence-corrected chi connectivity index (χ0v) is 15.9. The Morgan fingerprint density at radius 1 is 1.12 bits per heavy atom. The molecule has 1 N–H and O–H groups in total. The number of likely N-dealkylation sites (N-methyl/N-ethyl adjacent to an activating group) is 1. The highest BCUT2D eigenvalue weighted by Crippen LogP contribution is 2.36. The molecular formula is C21H28N4O. The van der Waals surface area contributed by atoms with Crippen molar-refractivity contribution in [2.45, 2.75) is 39.7 Å². The second-order valence-corrected chi connectivity index (χ2v) is 7.75. The molecular weight excluding hydrogens is 324 g/mol. The van der Waals surface area contributed by atoms with E-state index in [2.05, 4.69) is 39.9 Å². The molecule has 2 unspecified atom stereocenters. The molecule has 2 fully saturated rings. The highest BCUT2D eigenvalue weighted by atomic mass is 16.3. The molecule has 2 aliphatic heterocycles. The van der Waals surface area contributed by atoms with Crippen LogP contribution in [-0.4, -0.2) is 52.4 Å². The van der Waals surface area contributed by atoms with Gasteiger partial charge in [0.2, 0.25) is 0 Å². The van der Waals surface area contributed by atoms with Crippen LogP contribution in [0.4, 0.5) is 5.82 Å². The number of anilines is 1. The van der Waals surface area contributed by atoms with Crippen molar-refractivity contribution < 1.29 is 5.11 Å². The lowest BCUT2D eigenvalue weighted by molar-refractivity contribution is 0.182. The van der Waals surface area contributed by atoms with Crippen LogP contribution in [0.1, 0.15) is 30.9 Å². The van der Waals surface area contributed by atoms with E-state index < -0.39 is 0 Å². The molecule has 5 nitrogen and oxygen atoms in total. The number of benzene rings is 1. The van der Waals surface area contributed by atoms with Gasteiger partial charge in [-0.05, 0) is 75.0 Å². The molecule has 0 spiro atoms. The summed E-state index contributed by atoms with van der Waals surface area (Å²) < 4.78 is 0. The molecule has 0 radical (unpaired) electrons. The van der Waals surface area contributed by atoms with Crippen LogP contribution in [0.5, 0.6) is 5.75 Å². The van der Waals surface area contributed by atoms with Crippen LogP contribution in [0.2, 0.25) is 0 Å². The molecule has 26 heavy (non-hydrogen) atoms. The summed E-state index contributed by atoms with van der Waals surface area (Å²) in [4.78, 5) is 4.99. The minimum Gasteiger partial charge on any atom is -0.507 e. The van der Waals surface area contributed by atoms with Gasteiger partial charge in [0, 0.05) is 24.7 Å². The van der Waals surface area contributed by atoms with Gasteiger partial charge in [-0.1, -0.05) is 13.0 Å². The Balaban J connectivity index is 1.62. The second-order valence-electron chi connectivity index (χ2n) is 7.75. The summed E-state index contributed by atoms with van der Waals surface area (Å²) in [7, 11) is 0. The average Bonchev–Trinajstić information content (AvgIpc) is 3.05. The van der Waals surface area contributed by atoms with E-state index in [4.69, 9.17) is 0 Å². The van der Waals surface area contributed by atoms with E-state index in [0.29, 0.717) is 6.04 Å². The summed E-state index contributed by atoms with van der Waals surface area (Å²) in [5.41, 5.74) is 3.61. The van der Waals surface area contributed by atoms with Crippen molar-refractivity contribution in [3.63, 3.8) is 0 Å². The summed E-state index contributed by atoms with van der Waals surface area (Å²) in [6.45, 7) is 10.8. The third-order valence-electron chi connectivity index (χ3n) is 6.07. The van der Waals surface area contributed by atoms with Gasteiger partial charge in [0.1, 0.15) is 5.75 Å². The number of nitrogens with zero attached hydrogens (tertiary/aromatic N) is 4. The van der Waals surface area contributed by atoms with Crippen molar-refractivity contribution in [3.05, 3.63) is 35.4 Å². The second kappa shape index (κ2) is 6.88. The Morgan fingerprint density at radius 2 is 1.92 bits per heavy atom. The van der Waals surface area contributed by atoms with Gasteiger partial charge in [-0.25, -0.2) is 0 Å². The fraction of sp³-hybridized carbons (Fsp3) is 0.524. The van der Waals surface area contributed by atoms with Crippen LogP contribution in [0, 0.1) is 19.8 Å². The summed E-state index contributed by atoms with van der Waals surface area (Å²) in [5.74, 6) is 2.02. The number of fused-ring (bicyclic) bond motifs is 1. The molecule has 0 amide bonds. The van der Waals surface area contributed by atoms with Gasteiger partial charge in [0.25, 0.3) is 0 Å². The topological polar surface area (TPSA) is 52.5 Å². The SMILES string of the molecule is CCN1CCC2CCN(c3cc(C)c(-c4ccc(C)cc4O)nn3)C2C1. The van der Waals surface area contributed by atoms with Crippen LogP contribution in [-0.2, 0) is 0 Å². The maximum atomic E-state index is 10.3. The van der Waals surface area contributed by atoms with Crippen molar-refractivity contribution in [3.8, 4) is 17.0 Å². The minimum atomic E-state index is 0.266. The smallest absolute Gasteiger partial charge is 0.151 e.